The third-order valence-corrected chi connectivity index (χ3v) is 9.42. The summed E-state index contributed by atoms with van der Waals surface area (Å²) in [6, 6.07) is -1.36. The van der Waals surface area contributed by atoms with Gasteiger partial charge in [-0.25, -0.2) is 4.98 Å². The van der Waals surface area contributed by atoms with E-state index < -0.39 is 18.0 Å². The first kappa shape index (κ1) is 56.0. The molecule has 1 heterocycles. The predicted molar refractivity (Wildman–Crippen MR) is 235 cm³/mol. The molecule has 3 amide bonds. The highest BCUT2D eigenvalue weighted by atomic mass is 16.5. The molecule has 2 rings (SSSR count). The Kier molecular flexibility index (Phi) is 31.5. The van der Waals surface area contributed by atoms with Crippen molar-refractivity contribution >= 4 is 35.7 Å². The highest BCUT2D eigenvalue weighted by Crippen LogP contribution is 2.31. The first-order chi connectivity index (χ1) is 28.6. The number of hydrogen-bond acceptors (Lipinski definition) is 13. The van der Waals surface area contributed by atoms with Crippen molar-refractivity contribution in [2.45, 2.75) is 137 Å². The summed E-state index contributed by atoms with van der Waals surface area (Å²) in [6.45, 7) is 17.9. The summed E-state index contributed by atoms with van der Waals surface area (Å²) in [5, 5.41) is 24.3. The quantitative estimate of drug-likeness (QED) is 0.0262. The van der Waals surface area contributed by atoms with E-state index in [1.807, 2.05) is 13.8 Å². The molecule has 60 heavy (non-hydrogen) atoms. The number of rotatable bonds is 28. The average Bonchev–Trinajstić information content (AvgIpc) is 3.57. The lowest BCUT2D eigenvalue weighted by Crippen LogP contribution is -2.51. The maximum Gasteiger partial charge on any atom is 0.243 e. The molecule has 1 fully saturated rings. The van der Waals surface area contributed by atoms with Gasteiger partial charge in [0.25, 0.3) is 0 Å². The molecule has 1 saturated carbocycles. The number of hydrogen-bond donors (Lipinski definition) is 8. The van der Waals surface area contributed by atoms with E-state index in [0.29, 0.717) is 82.7 Å². The lowest BCUT2D eigenvalue weighted by molar-refractivity contribution is -0.131. The number of aromatic nitrogens is 2. The van der Waals surface area contributed by atoms with E-state index >= 15 is 0 Å². The summed E-state index contributed by atoms with van der Waals surface area (Å²) in [7, 11) is 1.50. The van der Waals surface area contributed by atoms with Crippen LogP contribution in [0.2, 0.25) is 0 Å². The fraction of sp³-hybridized carbons (Fsp3) is 0.786. The zero-order chi connectivity index (χ0) is 45.5. The number of ether oxygens (including phenoxy) is 4. The van der Waals surface area contributed by atoms with Crippen molar-refractivity contribution in [3.05, 3.63) is 17.2 Å². The van der Waals surface area contributed by atoms with Gasteiger partial charge in [0.2, 0.25) is 23.6 Å². The largest absolute Gasteiger partial charge is 0.474 e. The minimum atomic E-state index is -0.738. The smallest absolute Gasteiger partial charge is 0.243 e. The van der Waals surface area contributed by atoms with Crippen LogP contribution in [0.4, 0.5) is 0 Å². The van der Waals surface area contributed by atoms with Crippen LogP contribution >= 0.6 is 0 Å². The van der Waals surface area contributed by atoms with Gasteiger partial charge in [-0.1, -0.05) is 47.0 Å². The number of nitrogens with two attached hydrogens (primary N) is 3. The Morgan fingerprint density at radius 2 is 1.47 bits per heavy atom. The molecule has 2 atom stereocenters. The number of amides is 3. The van der Waals surface area contributed by atoms with Gasteiger partial charge in [-0.3, -0.25) is 25.2 Å². The first-order valence-corrected chi connectivity index (χ1v) is 21.7. The van der Waals surface area contributed by atoms with E-state index in [9.17, 15) is 19.2 Å². The molecule has 0 saturated heterocycles. The monoisotopic (exact) mass is 853 g/mol. The molecule has 1 aliphatic carbocycles. The van der Waals surface area contributed by atoms with Crippen molar-refractivity contribution in [2.24, 2.45) is 35.0 Å². The number of nitrogens with one attached hydrogen (secondary N) is 5. The molecule has 11 N–H and O–H groups in total. The maximum atomic E-state index is 12.2. The number of nitrogens with zero attached hydrogens (tertiary/aromatic N) is 2. The molecule has 346 valence electrons. The van der Waals surface area contributed by atoms with Crippen molar-refractivity contribution in [2.75, 3.05) is 59.8 Å². The van der Waals surface area contributed by atoms with Crippen LogP contribution in [0.3, 0.4) is 0 Å². The van der Waals surface area contributed by atoms with E-state index in [1.165, 1.54) is 32.7 Å². The van der Waals surface area contributed by atoms with E-state index in [0.717, 1.165) is 37.5 Å². The molecule has 1 aromatic rings. The molecule has 0 aromatic carbocycles. The van der Waals surface area contributed by atoms with E-state index in [2.05, 4.69) is 45.1 Å². The maximum absolute atomic E-state index is 12.2. The van der Waals surface area contributed by atoms with Crippen molar-refractivity contribution < 1.29 is 38.1 Å². The van der Waals surface area contributed by atoms with Gasteiger partial charge < -0.3 is 61.5 Å². The van der Waals surface area contributed by atoms with Crippen LogP contribution in [-0.4, -0.2) is 123 Å². The van der Waals surface area contributed by atoms with E-state index in [4.69, 9.17) is 41.2 Å². The number of imidazole rings is 1. The summed E-state index contributed by atoms with van der Waals surface area (Å²) in [5.41, 5.74) is 16.6. The summed E-state index contributed by atoms with van der Waals surface area (Å²) in [5.74, 6) is 1.27. The number of nitrogen functional groups attached to an aromatic ring is 1. The molecular formula is C42H80N10O8. The van der Waals surface area contributed by atoms with Crippen LogP contribution in [0.1, 0.15) is 123 Å². The lowest BCUT2D eigenvalue weighted by atomic mass is 9.83. The van der Waals surface area contributed by atoms with Crippen LogP contribution in [0.25, 0.3) is 0 Å². The summed E-state index contributed by atoms with van der Waals surface area (Å²) >= 11 is 0. The standard InChI is InChI=1S/C21H40N4O7.C20H35N5O.CH5N/c1-16(2)20(21(29)24-17(3)15-26)25-19(28)6-4-5-18(27)23-8-10-31-12-14-32-13-11-30-9-7-22;1-5-6-7-16-24-17(19(21)22)18(20(23)26-13(2)3)25(16)12-15-10-8-14(4)9-11-15;1-2/h15-17,20H,4-14,22H2,1-3H3,(H,23,27)(H,24,29)(H,25,28);13-15,23H,5-12H2,1-4H3,(H3,21,22);2H2,1H3/t17-,20?;;/m0../s1. The summed E-state index contributed by atoms with van der Waals surface area (Å²) in [4.78, 5) is 51.5. The Morgan fingerprint density at radius 3 is 2.00 bits per heavy atom. The Bertz CT molecular complexity index is 1380. The second-order valence-electron chi connectivity index (χ2n) is 15.5. The van der Waals surface area contributed by atoms with Crippen LogP contribution in [0.5, 0.6) is 0 Å². The fourth-order valence-corrected chi connectivity index (χ4v) is 6.22. The van der Waals surface area contributed by atoms with Gasteiger partial charge in [-0.05, 0) is 71.3 Å². The number of carbonyl (C=O) groups excluding carboxylic acids is 4. The number of carbonyl (C=O) groups is 4. The van der Waals surface area contributed by atoms with Gasteiger partial charge >= 0.3 is 0 Å². The van der Waals surface area contributed by atoms with Gasteiger partial charge in [0.05, 0.1) is 51.8 Å². The van der Waals surface area contributed by atoms with Crippen LogP contribution < -0.4 is 33.2 Å². The van der Waals surface area contributed by atoms with Crippen LogP contribution in [-0.2, 0) is 51.1 Å². The highest BCUT2D eigenvalue weighted by Gasteiger charge is 2.28. The molecule has 1 unspecified atom stereocenters. The predicted octanol–water partition coefficient (Wildman–Crippen LogP) is 2.79. The second-order valence-corrected chi connectivity index (χ2v) is 15.5. The topological polar surface area (TPSA) is 285 Å². The summed E-state index contributed by atoms with van der Waals surface area (Å²) < 4.78 is 23.6. The third kappa shape index (κ3) is 24.3. The molecule has 1 aliphatic rings. The van der Waals surface area contributed by atoms with E-state index in [1.54, 1.807) is 20.8 Å². The number of amidine groups is 1. The van der Waals surface area contributed by atoms with Gasteiger partial charge in [0.1, 0.15) is 35.4 Å². The minimum absolute atomic E-state index is 0.0737. The van der Waals surface area contributed by atoms with Crippen molar-refractivity contribution in [3.63, 3.8) is 0 Å². The Labute approximate surface area is 358 Å². The van der Waals surface area contributed by atoms with Gasteiger partial charge in [-0.15, -0.1) is 0 Å². The molecule has 18 heteroatoms. The molecule has 0 spiro atoms. The van der Waals surface area contributed by atoms with Crippen molar-refractivity contribution in [3.8, 4) is 0 Å². The van der Waals surface area contributed by atoms with Crippen LogP contribution in [0, 0.1) is 28.6 Å². The molecule has 0 aliphatic heterocycles. The normalized spacial score (nSPS) is 15.7. The fourth-order valence-electron chi connectivity index (χ4n) is 6.22. The average molecular weight is 853 g/mol. The zero-order valence-corrected chi connectivity index (χ0v) is 37.9. The third-order valence-electron chi connectivity index (χ3n) is 9.42. The van der Waals surface area contributed by atoms with Crippen molar-refractivity contribution in [1.29, 1.82) is 10.8 Å². The van der Waals surface area contributed by atoms with Crippen LogP contribution in [0.15, 0.2) is 0 Å². The SMILES string of the molecule is CC(C)C(NC(=O)CCCC(=O)NCCOCCOCCOCCN)C(=O)N[C@@H](C)C=O.CCCCc1nc(C(=N)N)c(C(=N)OC(C)C)n1CC1CCC(C)CC1.CN. The number of aryl methyl sites for hydroxylation is 1. The molecular weight excluding hydrogens is 773 g/mol. The second kappa shape index (κ2) is 33.7. The van der Waals surface area contributed by atoms with Gasteiger partial charge in [0.15, 0.2) is 0 Å². The van der Waals surface area contributed by atoms with E-state index in [-0.39, 0.29) is 48.4 Å². The lowest BCUT2D eigenvalue weighted by Gasteiger charge is -2.27. The summed E-state index contributed by atoms with van der Waals surface area (Å²) in [6.07, 6.45) is 9.10. The van der Waals surface area contributed by atoms with Crippen molar-refractivity contribution in [1.82, 2.24) is 25.5 Å². The Balaban J connectivity index is 0.00000113. The number of unbranched alkanes of at least 4 members (excludes halogenated alkanes) is 1. The molecule has 0 radical (unpaired) electrons. The Morgan fingerprint density at radius 1 is 0.883 bits per heavy atom. The van der Waals surface area contributed by atoms with Gasteiger partial charge in [-0.2, -0.15) is 0 Å². The van der Waals surface area contributed by atoms with Gasteiger partial charge in [0, 0.05) is 38.9 Å². The highest BCUT2D eigenvalue weighted by molar-refractivity contribution is 6.04. The minimum Gasteiger partial charge on any atom is -0.474 e. The Hall–Kier alpha value is -3.97. The molecule has 18 nitrogen and oxygen atoms in total. The number of aldehydes is 1. The molecule has 0 bridgehead atoms. The molecule has 1 aromatic heterocycles. The zero-order valence-electron chi connectivity index (χ0n) is 37.9. The first-order valence-electron chi connectivity index (χ1n) is 21.7.